The molecule has 1 aromatic carbocycles. The Kier molecular flexibility index (Phi) is 10.0. The van der Waals surface area contributed by atoms with E-state index in [-0.39, 0.29) is 35.8 Å². The monoisotopic (exact) mass is 499 g/mol. The molecule has 6 nitrogen and oxygen atoms in total. The highest BCUT2D eigenvalue weighted by molar-refractivity contribution is 14.0. The zero-order chi connectivity index (χ0) is 18.9. The predicted molar refractivity (Wildman–Crippen MR) is 125 cm³/mol. The first kappa shape index (κ1) is 22.9. The van der Waals surface area contributed by atoms with E-state index in [2.05, 4.69) is 50.1 Å². The molecule has 3 N–H and O–H groups in total. The highest BCUT2D eigenvalue weighted by Crippen LogP contribution is 2.28. The molecule has 156 valence electrons. The van der Waals surface area contributed by atoms with Crippen molar-refractivity contribution < 1.29 is 4.79 Å². The molecule has 1 saturated heterocycles. The second-order valence-electron chi connectivity index (χ2n) is 7.57. The van der Waals surface area contributed by atoms with Crippen LogP contribution in [0.25, 0.3) is 0 Å². The maximum atomic E-state index is 11.6. The first-order chi connectivity index (χ1) is 13.2. The highest BCUT2D eigenvalue weighted by Gasteiger charge is 2.28. The molecule has 1 aliphatic heterocycles. The first-order valence-corrected chi connectivity index (χ1v) is 10.3. The Morgan fingerprint density at radius 2 is 1.64 bits per heavy atom. The molecule has 1 saturated carbocycles. The molecular weight excluding hydrogens is 465 g/mol. The minimum atomic E-state index is 0. The van der Waals surface area contributed by atoms with Gasteiger partial charge in [0.25, 0.3) is 0 Å². The van der Waals surface area contributed by atoms with E-state index in [0.717, 1.165) is 31.9 Å². The van der Waals surface area contributed by atoms with Crippen LogP contribution in [0.2, 0.25) is 0 Å². The minimum Gasteiger partial charge on any atom is -0.355 e. The van der Waals surface area contributed by atoms with Crippen LogP contribution in [0.5, 0.6) is 0 Å². The third-order valence-corrected chi connectivity index (χ3v) is 5.23. The van der Waals surface area contributed by atoms with E-state index in [0.29, 0.717) is 13.1 Å². The summed E-state index contributed by atoms with van der Waals surface area (Å²) < 4.78 is 0. The van der Waals surface area contributed by atoms with Gasteiger partial charge in [-0.05, 0) is 49.9 Å². The lowest BCUT2D eigenvalue weighted by Crippen LogP contribution is -2.41. The Morgan fingerprint density at radius 1 is 1.00 bits per heavy atom. The number of amides is 1. The number of benzene rings is 1. The van der Waals surface area contributed by atoms with Crippen molar-refractivity contribution in [2.75, 3.05) is 33.2 Å². The van der Waals surface area contributed by atoms with Crippen molar-refractivity contribution in [2.45, 2.75) is 45.2 Å². The van der Waals surface area contributed by atoms with Crippen LogP contribution in [0, 0.1) is 5.92 Å². The lowest BCUT2D eigenvalue weighted by atomic mass is 10.1. The zero-order valence-electron chi connectivity index (χ0n) is 16.9. The molecule has 28 heavy (non-hydrogen) atoms. The molecule has 2 aliphatic rings. The lowest BCUT2D eigenvalue weighted by Gasteiger charge is -2.26. The summed E-state index contributed by atoms with van der Waals surface area (Å²) >= 11 is 0. The number of hydrogen-bond donors (Lipinski definition) is 3. The number of nitrogens with zero attached hydrogens (tertiary/aromatic N) is 2. The molecule has 7 heteroatoms. The second kappa shape index (κ2) is 12.3. The number of rotatable bonds is 8. The van der Waals surface area contributed by atoms with Crippen LogP contribution in [0.3, 0.4) is 0 Å². The first-order valence-electron chi connectivity index (χ1n) is 10.3. The number of carbonyl (C=O) groups excluding carboxylic acids is 1. The average molecular weight is 499 g/mol. The van der Waals surface area contributed by atoms with E-state index in [4.69, 9.17) is 0 Å². The van der Waals surface area contributed by atoms with Gasteiger partial charge in [0.05, 0.1) is 0 Å². The summed E-state index contributed by atoms with van der Waals surface area (Å²) in [7, 11) is 1.76. The van der Waals surface area contributed by atoms with Gasteiger partial charge in [0, 0.05) is 39.1 Å². The number of piperidine rings is 1. The molecular formula is C21H34IN5O. The Morgan fingerprint density at radius 3 is 2.29 bits per heavy atom. The van der Waals surface area contributed by atoms with Gasteiger partial charge in [-0.15, -0.1) is 24.0 Å². The van der Waals surface area contributed by atoms with Crippen LogP contribution in [0.4, 0.5) is 0 Å². The molecule has 0 unspecified atom stereocenters. The van der Waals surface area contributed by atoms with E-state index >= 15 is 0 Å². The summed E-state index contributed by atoms with van der Waals surface area (Å²) in [5.74, 6) is 1.21. The highest BCUT2D eigenvalue weighted by atomic mass is 127. The van der Waals surface area contributed by atoms with Crippen molar-refractivity contribution in [1.29, 1.82) is 0 Å². The molecule has 1 amide bonds. The number of guanidine groups is 1. The fourth-order valence-electron chi connectivity index (χ4n) is 3.40. The van der Waals surface area contributed by atoms with E-state index in [1.54, 1.807) is 7.05 Å². The number of aliphatic imine (C=N–C) groups is 1. The van der Waals surface area contributed by atoms with Gasteiger partial charge < -0.3 is 16.0 Å². The lowest BCUT2D eigenvalue weighted by molar-refractivity contribution is -0.122. The molecule has 0 atom stereocenters. The predicted octanol–water partition coefficient (Wildman–Crippen LogP) is 2.48. The van der Waals surface area contributed by atoms with Crippen LogP contribution >= 0.6 is 24.0 Å². The smallest absolute Gasteiger partial charge is 0.223 e. The maximum Gasteiger partial charge on any atom is 0.223 e. The van der Waals surface area contributed by atoms with Crippen molar-refractivity contribution in [3.63, 3.8) is 0 Å². The molecule has 1 aliphatic carbocycles. The Balaban J connectivity index is 0.00000280. The molecule has 2 fully saturated rings. The van der Waals surface area contributed by atoms with Gasteiger partial charge in [-0.1, -0.05) is 30.7 Å². The molecule has 0 radical (unpaired) electrons. The number of hydrogen-bond acceptors (Lipinski definition) is 3. The average Bonchev–Trinajstić information content (AvgIpc) is 3.55. The minimum absolute atomic E-state index is 0. The van der Waals surface area contributed by atoms with Crippen molar-refractivity contribution in [3.05, 3.63) is 35.4 Å². The molecule has 1 heterocycles. The topological polar surface area (TPSA) is 68.8 Å². The van der Waals surface area contributed by atoms with Gasteiger partial charge in [-0.25, -0.2) is 0 Å². The van der Waals surface area contributed by atoms with E-state index in [1.165, 1.54) is 43.5 Å². The molecule has 0 aromatic heterocycles. The molecule has 0 spiro atoms. The van der Waals surface area contributed by atoms with E-state index in [9.17, 15) is 4.79 Å². The normalized spacial score (nSPS) is 17.5. The van der Waals surface area contributed by atoms with Crippen molar-refractivity contribution in [1.82, 2.24) is 20.9 Å². The maximum absolute atomic E-state index is 11.6. The van der Waals surface area contributed by atoms with Gasteiger partial charge in [-0.3, -0.25) is 14.7 Å². The van der Waals surface area contributed by atoms with Gasteiger partial charge in [0.15, 0.2) is 5.96 Å². The van der Waals surface area contributed by atoms with E-state index in [1.807, 2.05) is 0 Å². The van der Waals surface area contributed by atoms with Gasteiger partial charge in [0.1, 0.15) is 0 Å². The van der Waals surface area contributed by atoms with Crippen LogP contribution in [-0.4, -0.2) is 50.0 Å². The van der Waals surface area contributed by atoms with Crippen molar-refractivity contribution in [3.8, 4) is 0 Å². The summed E-state index contributed by atoms with van der Waals surface area (Å²) in [6, 6.07) is 8.84. The largest absolute Gasteiger partial charge is 0.355 e. The van der Waals surface area contributed by atoms with Crippen molar-refractivity contribution in [2.24, 2.45) is 10.9 Å². The third-order valence-electron chi connectivity index (χ3n) is 5.23. The summed E-state index contributed by atoms with van der Waals surface area (Å²) in [5.41, 5.74) is 2.62. The summed E-state index contributed by atoms with van der Waals surface area (Å²) in [6.45, 7) is 5.55. The third kappa shape index (κ3) is 7.95. The van der Waals surface area contributed by atoms with Crippen molar-refractivity contribution >= 4 is 35.8 Å². The number of halogens is 1. The quantitative estimate of drug-likeness (QED) is 0.223. The van der Waals surface area contributed by atoms with Gasteiger partial charge >= 0.3 is 0 Å². The molecule has 0 bridgehead atoms. The standard InChI is InChI=1S/C21H33N5O.HI/c1-22-21(24-12-11-23-20(27)19-9-10-19)25-15-17-5-7-18(8-6-17)16-26-13-3-2-4-14-26;/h5-8,19H,2-4,9-16H2,1H3,(H,23,27)(H2,22,24,25);1H. The fraction of sp³-hybridized carbons (Fsp3) is 0.619. The Hall–Kier alpha value is -1.35. The van der Waals surface area contributed by atoms with Gasteiger partial charge in [0.2, 0.25) is 5.91 Å². The van der Waals surface area contributed by atoms with Crippen LogP contribution < -0.4 is 16.0 Å². The number of likely N-dealkylation sites (tertiary alicyclic amines) is 1. The zero-order valence-corrected chi connectivity index (χ0v) is 19.2. The summed E-state index contributed by atoms with van der Waals surface area (Å²) in [6.07, 6.45) is 6.12. The summed E-state index contributed by atoms with van der Waals surface area (Å²) in [4.78, 5) is 18.4. The Labute approximate surface area is 186 Å². The van der Waals surface area contributed by atoms with E-state index < -0.39 is 0 Å². The van der Waals surface area contributed by atoms with Crippen LogP contribution in [0.15, 0.2) is 29.3 Å². The molecule has 3 rings (SSSR count). The Bertz CT molecular complexity index is 624. The number of nitrogens with one attached hydrogen (secondary N) is 3. The van der Waals surface area contributed by atoms with Crippen LogP contribution in [0.1, 0.15) is 43.2 Å². The summed E-state index contributed by atoms with van der Waals surface area (Å²) in [5, 5.41) is 9.51. The SMILES string of the molecule is CN=C(NCCNC(=O)C1CC1)NCc1ccc(CN2CCCCC2)cc1.I. The molecule has 1 aromatic rings. The van der Waals surface area contributed by atoms with Crippen LogP contribution in [-0.2, 0) is 17.9 Å². The van der Waals surface area contributed by atoms with Gasteiger partial charge in [-0.2, -0.15) is 0 Å². The second-order valence-corrected chi connectivity index (χ2v) is 7.57. The number of carbonyl (C=O) groups is 1. The fourth-order valence-corrected chi connectivity index (χ4v) is 3.40.